The van der Waals surface area contributed by atoms with Gasteiger partial charge in [0, 0.05) is 39.8 Å². The summed E-state index contributed by atoms with van der Waals surface area (Å²) < 4.78 is 47.7. The summed E-state index contributed by atoms with van der Waals surface area (Å²) in [5, 5.41) is 4.93. The molecule has 1 atom stereocenters. The maximum Gasteiger partial charge on any atom is 0.451 e. The zero-order valence-electron chi connectivity index (χ0n) is 20.6. The second kappa shape index (κ2) is 8.96. The lowest BCUT2D eigenvalue weighted by Gasteiger charge is -2.40. The number of aromatic nitrogens is 6. The molecule has 0 bridgehead atoms. The highest BCUT2D eigenvalue weighted by atomic mass is 19.4. The largest absolute Gasteiger partial charge is 0.451 e. The summed E-state index contributed by atoms with van der Waals surface area (Å²) in [5.74, 6) is -0.499. The van der Waals surface area contributed by atoms with Gasteiger partial charge in [-0.3, -0.25) is 9.36 Å². The molecule has 1 unspecified atom stereocenters. The molecule has 3 aliphatic rings. The Labute approximate surface area is 211 Å². The van der Waals surface area contributed by atoms with Gasteiger partial charge in [0.05, 0.1) is 24.3 Å². The van der Waals surface area contributed by atoms with Crippen molar-refractivity contribution in [1.82, 2.24) is 29.3 Å². The molecule has 0 saturated carbocycles. The fraction of sp³-hybridized carbons (Fsp3) is 0.625. The first-order valence-corrected chi connectivity index (χ1v) is 12.7. The van der Waals surface area contributed by atoms with E-state index >= 15 is 0 Å². The second-order valence-electron chi connectivity index (χ2n) is 10.3. The predicted molar refractivity (Wildman–Crippen MR) is 129 cm³/mol. The summed E-state index contributed by atoms with van der Waals surface area (Å²) in [5.41, 5.74) is 1.09. The molecular weight excluding hydrogens is 489 g/mol. The lowest BCUT2D eigenvalue weighted by Crippen LogP contribution is -2.44. The number of hydrogen-bond acceptors (Lipinski definition) is 8. The Morgan fingerprint density at radius 3 is 2.38 bits per heavy atom. The smallest absolute Gasteiger partial charge is 0.368 e. The number of anilines is 2. The highest BCUT2D eigenvalue weighted by Crippen LogP contribution is 2.42. The van der Waals surface area contributed by atoms with Crippen LogP contribution in [0.3, 0.4) is 0 Å². The van der Waals surface area contributed by atoms with Crippen LogP contribution in [0.4, 0.5) is 24.8 Å². The quantitative estimate of drug-likeness (QED) is 0.522. The van der Waals surface area contributed by atoms with Crippen LogP contribution < -0.4 is 15.4 Å². The topological polar surface area (TPSA) is 94.2 Å². The average Bonchev–Trinajstić information content (AvgIpc) is 3.52. The van der Waals surface area contributed by atoms with Crippen molar-refractivity contribution in [3.05, 3.63) is 34.8 Å². The van der Waals surface area contributed by atoms with Crippen molar-refractivity contribution in [3.63, 3.8) is 0 Å². The van der Waals surface area contributed by atoms with E-state index in [-0.39, 0.29) is 17.2 Å². The number of nitrogens with zero attached hydrogens (tertiary/aromatic N) is 8. The van der Waals surface area contributed by atoms with Crippen LogP contribution in [0.5, 0.6) is 0 Å². The summed E-state index contributed by atoms with van der Waals surface area (Å²) in [6.45, 7) is 3.63. The Bertz CT molecular complexity index is 1340. The van der Waals surface area contributed by atoms with Crippen molar-refractivity contribution >= 4 is 22.7 Å². The van der Waals surface area contributed by atoms with Crippen LogP contribution in [0, 0.1) is 5.41 Å². The van der Waals surface area contributed by atoms with Crippen molar-refractivity contribution < 1.29 is 17.9 Å². The van der Waals surface area contributed by atoms with Gasteiger partial charge >= 0.3 is 6.18 Å². The van der Waals surface area contributed by atoms with Gasteiger partial charge < -0.3 is 14.5 Å². The lowest BCUT2D eigenvalue weighted by atomic mass is 9.78. The minimum atomic E-state index is -4.55. The minimum absolute atomic E-state index is 0.0554. The zero-order chi connectivity index (χ0) is 25.8. The van der Waals surface area contributed by atoms with Gasteiger partial charge in [-0.25, -0.2) is 14.6 Å². The van der Waals surface area contributed by atoms with Crippen molar-refractivity contribution in [2.75, 3.05) is 42.6 Å². The molecule has 13 heteroatoms. The molecule has 3 aromatic heterocycles. The third-order valence-electron chi connectivity index (χ3n) is 8.04. The molecule has 6 heterocycles. The molecule has 198 valence electrons. The summed E-state index contributed by atoms with van der Waals surface area (Å²) >= 11 is 0. The molecule has 10 nitrogen and oxygen atoms in total. The molecule has 0 radical (unpaired) electrons. The normalized spacial score (nSPS) is 22.3. The predicted octanol–water partition coefficient (Wildman–Crippen LogP) is 3.13. The number of halogens is 3. The van der Waals surface area contributed by atoms with Crippen molar-refractivity contribution in [2.45, 2.75) is 50.9 Å². The summed E-state index contributed by atoms with van der Waals surface area (Å²) in [6, 6.07) is 0. The van der Waals surface area contributed by atoms with Gasteiger partial charge in [-0.1, -0.05) is 0 Å². The number of ether oxygens (including phenoxy) is 1. The Morgan fingerprint density at radius 1 is 1.03 bits per heavy atom. The monoisotopic (exact) mass is 518 g/mol. The van der Waals surface area contributed by atoms with Crippen LogP contribution in [-0.2, 0) is 18.0 Å². The molecule has 3 fully saturated rings. The molecule has 0 amide bonds. The maximum absolute atomic E-state index is 13.1. The van der Waals surface area contributed by atoms with Crippen LogP contribution in [0.25, 0.3) is 11.0 Å². The number of rotatable bonds is 3. The fourth-order valence-corrected chi connectivity index (χ4v) is 5.85. The summed E-state index contributed by atoms with van der Waals surface area (Å²) in [7, 11) is 1.74. The summed E-state index contributed by atoms with van der Waals surface area (Å²) in [6.07, 6.45) is 4.99. The van der Waals surface area contributed by atoms with E-state index in [1.807, 2.05) is 0 Å². The summed E-state index contributed by atoms with van der Waals surface area (Å²) in [4.78, 5) is 29.3. The Hall–Kier alpha value is -3.22. The van der Waals surface area contributed by atoms with E-state index in [2.05, 4.69) is 24.9 Å². The Kier molecular flexibility index (Phi) is 5.85. The van der Waals surface area contributed by atoms with Crippen LogP contribution in [0.15, 0.2) is 23.4 Å². The molecule has 3 aromatic rings. The van der Waals surface area contributed by atoms with E-state index in [0.29, 0.717) is 29.3 Å². The molecule has 37 heavy (non-hydrogen) atoms. The molecule has 1 spiro atoms. The maximum atomic E-state index is 13.1. The molecule has 3 aliphatic heterocycles. The molecule has 0 aromatic carbocycles. The van der Waals surface area contributed by atoms with Gasteiger partial charge in [-0.2, -0.15) is 23.3 Å². The van der Waals surface area contributed by atoms with Gasteiger partial charge in [-0.05, 0) is 43.9 Å². The fourth-order valence-electron chi connectivity index (χ4n) is 5.85. The Morgan fingerprint density at radius 2 is 1.73 bits per heavy atom. The first-order valence-electron chi connectivity index (χ1n) is 12.7. The van der Waals surface area contributed by atoms with Gasteiger partial charge in [0.15, 0.2) is 11.9 Å². The van der Waals surface area contributed by atoms with Crippen molar-refractivity contribution in [2.24, 2.45) is 12.5 Å². The number of hydrogen-bond donors (Lipinski definition) is 0. The highest BCUT2D eigenvalue weighted by Gasteiger charge is 2.42. The van der Waals surface area contributed by atoms with Gasteiger partial charge in [0.2, 0.25) is 11.8 Å². The number of alkyl halides is 3. The van der Waals surface area contributed by atoms with Crippen molar-refractivity contribution in [1.29, 1.82) is 0 Å². The zero-order valence-corrected chi connectivity index (χ0v) is 20.6. The number of fused-ring (bicyclic) bond motifs is 1. The first kappa shape index (κ1) is 24.1. The van der Waals surface area contributed by atoms with E-state index in [1.165, 1.54) is 12.4 Å². The Balaban J connectivity index is 1.18. The van der Waals surface area contributed by atoms with E-state index in [0.717, 1.165) is 64.7 Å². The third kappa shape index (κ3) is 4.32. The molecule has 6 rings (SSSR count). The van der Waals surface area contributed by atoms with Gasteiger partial charge in [-0.15, -0.1) is 0 Å². The average molecular weight is 519 g/mol. The first-order chi connectivity index (χ1) is 17.7. The minimum Gasteiger partial charge on any atom is -0.368 e. The molecule has 0 N–H and O–H groups in total. The molecule has 3 saturated heterocycles. The SMILES string of the molecule is Cn1c(N2CCC3(CCN(c4cnc(C(F)(F)F)nc4)C3)CC2)nc2c(cnn2C2CCCCO2)c1=O. The van der Waals surface area contributed by atoms with E-state index in [9.17, 15) is 18.0 Å². The lowest BCUT2D eigenvalue weighted by molar-refractivity contribution is -0.144. The highest BCUT2D eigenvalue weighted by molar-refractivity contribution is 5.75. The van der Waals surface area contributed by atoms with E-state index in [4.69, 9.17) is 9.72 Å². The number of piperidine rings is 1. The van der Waals surface area contributed by atoms with E-state index < -0.39 is 12.0 Å². The molecule has 0 aliphatic carbocycles. The standard InChI is InChI=1S/C24H29F3N8O2/c1-32-20(36)17-14-30-35(18-4-2-3-11-37-18)19(17)31-22(32)33-8-5-23(6-9-33)7-10-34(15-23)16-12-28-21(29-13-16)24(25,26)27/h12-14,18H,2-11,15H2,1H3. The van der Waals surface area contributed by atoms with Crippen LogP contribution in [0.2, 0.25) is 0 Å². The van der Waals surface area contributed by atoms with Gasteiger partial charge in [0.1, 0.15) is 5.39 Å². The van der Waals surface area contributed by atoms with Crippen LogP contribution >= 0.6 is 0 Å². The van der Waals surface area contributed by atoms with Crippen molar-refractivity contribution in [3.8, 4) is 0 Å². The van der Waals surface area contributed by atoms with Crippen LogP contribution in [0.1, 0.15) is 50.6 Å². The third-order valence-corrected chi connectivity index (χ3v) is 8.04. The van der Waals surface area contributed by atoms with E-state index in [1.54, 1.807) is 22.5 Å². The second-order valence-corrected chi connectivity index (χ2v) is 10.3. The molecular formula is C24H29F3N8O2. The van der Waals surface area contributed by atoms with Crippen LogP contribution in [-0.4, -0.2) is 62.1 Å². The van der Waals surface area contributed by atoms with Gasteiger partial charge in [0.25, 0.3) is 5.56 Å².